The van der Waals surface area contributed by atoms with E-state index in [-0.39, 0.29) is 5.82 Å². The van der Waals surface area contributed by atoms with Gasteiger partial charge in [0, 0.05) is 25.3 Å². The van der Waals surface area contributed by atoms with Crippen molar-refractivity contribution in [3.8, 4) is 0 Å². The van der Waals surface area contributed by atoms with Gasteiger partial charge in [-0.3, -0.25) is 0 Å². The van der Waals surface area contributed by atoms with Gasteiger partial charge in [0.15, 0.2) is 0 Å². The minimum atomic E-state index is -0.182. The standard InChI is InChI=1S/C16H26FN3/c1-19(2)13-14-7-10-20(11-8-14)12-9-18-16-5-3-15(17)4-6-16/h3-6,14,18H,7-13H2,1-2H3. The number of hydrogen-bond donors (Lipinski definition) is 1. The molecule has 0 aromatic heterocycles. The Bertz CT molecular complexity index is 383. The van der Waals surface area contributed by atoms with Crippen LogP contribution in [0.4, 0.5) is 10.1 Å². The zero-order valence-electron chi connectivity index (χ0n) is 12.6. The molecule has 1 N–H and O–H groups in total. The van der Waals surface area contributed by atoms with E-state index in [0.29, 0.717) is 0 Å². The van der Waals surface area contributed by atoms with Crippen molar-refractivity contribution in [1.29, 1.82) is 0 Å². The third-order valence-corrected chi connectivity index (χ3v) is 3.93. The minimum Gasteiger partial charge on any atom is -0.384 e. The van der Waals surface area contributed by atoms with Crippen molar-refractivity contribution >= 4 is 5.69 Å². The fourth-order valence-corrected chi connectivity index (χ4v) is 2.84. The Morgan fingerprint density at radius 3 is 2.45 bits per heavy atom. The lowest BCUT2D eigenvalue weighted by molar-refractivity contribution is 0.167. The van der Waals surface area contributed by atoms with Crippen molar-refractivity contribution in [3.63, 3.8) is 0 Å². The average Bonchev–Trinajstić information content (AvgIpc) is 2.42. The largest absolute Gasteiger partial charge is 0.384 e. The fourth-order valence-electron chi connectivity index (χ4n) is 2.84. The number of likely N-dealkylation sites (tertiary alicyclic amines) is 1. The first-order valence-electron chi connectivity index (χ1n) is 7.50. The molecule has 0 aliphatic carbocycles. The molecule has 1 fully saturated rings. The van der Waals surface area contributed by atoms with E-state index in [1.807, 2.05) is 0 Å². The first kappa shape index (κ1) is 15.3. The van der Waals surface area contributed by atoms with Crippen molar-refractivity contribution in [2.45, 2.75) is 12.8 Å². The molecule has 2 rings (SSSR count). The number of rotatable bonds is 6. The van der Waals surface area contributed by atoms with Crippen molar-refractivity contribution < 1.29 is 4.39 Å². The van der Waals surface area contributed by atoms with Crippen LogP contribution < -0.4 is 5.32 Å². The van der Waals surface area contributed by atoms with Crippen molar-refractivity contribution in [2.75, 3.05) is 52.1 Å². The fraction of sp³-hybridized carbons (Fsp3) is 0.625. The van der Waals surface area contributed by atoms with Crippen LogP contribution in [0.1, 0.15) is 12.8 Å². The molecule has 0 amide bonds. The van der Waals surface area contributed by atoms with E-state index in [0.717, 1.165) is 24.7 Å². The Morgan fingerprint density at radius 2 is 1.85 bits per heavy atom. The quantitative estimate of drug-likeness (QED) is 0.863. The Balaban J connectivity index is 1.62. The summed E-state index contributed by atoms with van der Waals surface area (Å²) in [4.78, 5) is 4.80. The molecule has 1 heterocycles. The topological polar surface area (TPSA) is 18.5 Å². The smallest absolute Gasteiger partial charge is 0.123 e. The Morgan fingerprint density at radius 1 is 1.20 bits per heavy atom. The van der Waals surface area contributed by atoms with Gasteiger partial charge in [0.2, 0.25) is 0 Å². The summed E-state index contributed by atoms with van der Waals surface area (Å²) >= 11 is 0. The maximum atomic E-state index is 12.8. The highest BCUT2D eigenvalue weighted by Crippen LogP contribution is 2.17. The molecule has 3 nitrogen and oxygen atoms in total. The summed E-state index contributed by atoms with van der Waals surface area (Å²) in [5.74, 6) is 0.671. The second-order valence-electron chi connectivity index (χ2n) is 5.98. The van der Waals surface area contributed by atoms with E-state index in [9.17, 15) is 4.39 Å². The summed E-state index contributed by atoms with van der Waals surface area (Å²) in [5.41, 5.74) is 0.994. The highest BCUT2D eigenvalue weighted by atomic mass is 19.1. The number of piperidine rings is 1. The monoisotopic (exact) mass is 279 g/mol. The maximum absolute atomic E-state index is 12.8. The number of anilines is 1. The molecular weight excluding hydrogens is 253 g/mol. The average molecular weight is 279 g/mol. The van der Waals surface area contributed by atoms with Crippen molar-refractivity contribution in [2.24, 2.45) is 5.92 Å². The van der Waals surface area contributed by atoms with Crippen LogP contribution in [-0.2, 0) is 0 Å². The van der Waals surface area contributed by atoms with Crippen molar-refractivity contribution in [1.82, 2.24) is 9.80 Å². The second kappa shape index (κ2) is 7.60. The predicted octanol–water partition coefficient (Wildman–Crippen LogP) is 2.51. The highest BCUT2D eigenvalue weighted by Gasteiger charge is 2.18. The minimum absolute atomic E-state index is 0.182. The van der Waals surface area contributed by atoms with E-state index in [2.05, 4.69) is 29.2 Å². The van der Waals surface area contributed by atoms with E-state index < -0.39 is 0 Å². The zero-order chi connectivity index (χ0) is 14.4. The van der Waals surface area contributed by atoms with Crippen LogP contribution in [0, 0.1) is 11.7 Å². The van der Waals surface area contributed by atoms with Gasteiger partial charge in [-0.1, -0.05) is 0 Å². The van der Waals surface area contributed by atoms with Gasteiger partial charge in [0.25, 0.3) is 0 Å². The van der Waals surface area contributed by atoms with E-state index in [4.69, 9.17) is 0 Å². The third kappa shape index (κ3) is 5.10. The molecule has 0 radical (unpaired) electrons. The number of hydrogen-bond acceptors (Lipinski definition) is 3. The van der Waals surface area contributed by atoms with E-state index >= 15 is 0 Å². The van der Waals surface area contributed by atoms with Gasteiger partial charge >= 0.3 is 0 Å². The van der Waals surface area contributed by atoms with Crippen LogP contribution in [0.15, 0.2) is 24.3 Å². The summed E-state index contributed by atoms with van der Waals surface area (Å²) in [6.45, 7) is 5.59. The molecule has 1 aliphatic rings. The number of nitrogens with zero attached hydrogens (tertiary/aromatic N) is 2. The summed E-state index contributed by atoms with van der Waals surface area (Å²) in [5, 5.41) is 3.35. The van der Waals surface area contributed by atoms with Gasteiger partial charge in [-0.2, -0.15) is 0 Å². The molecule has 1 aromatic carbocycles. The Hall–Kier alpha value is -1.13. The van der Waals surface area contributed by atoms with Gasteiger partial charge in [-0.15, -0.1) is 0 Å². The Kier molecular flexibility index (Phi) is 5.80. The maximum Gasteiger partial charge on any atom is 0.123 e. The summed E-state index contributed by atoms with van der Waals surface area (Å²) in [7, 11) is 4.30. The molecule has 1 aliphatic heterocycles. The Labute approximate surface area is 121 Å². The summed E-state index contributed by atoms with van der Waals surface area (Å²) < 4.78 is 12.8. The normalized spacial score (nSPS) is 17.6. The number of benzene rings is 1. The molecule has 112 valence electrons. The van der Waals surface area contributed by atoms with Gasteiger partial charge in [-0.25, -0.2) is 4.39 Å². The molecule has 20 heavy (non-hydrogen) atoms. The van der Waals surface area contributed by atoms with Gasteiger partial charge in [0.1, 0.15) is 5.82 Å². The third-order valence-electron chi connectivity index (χ3n) is 3.93. The molecule has 0 spiro atoms. The predicted molar refractivity (Wildman–Crippen MR) is 82.6 cm³/mol. The second-order valence-corrected chi connectivity index (χ2v) is 5.98. The molecule has 0 atom stereocenters. The van der Waals surface area contributed by atoms with E-state index in [1.165, 1.54) is 44.6 Å². The van der Waals surface area contributed by atoms with Crippen LogP contribution in [-0.4, -0.2) is 56.6 Å². The molecular formula is C16H26FN3. The lowest BCUT2D eigenvalue weighted by Gasteiger charge is -2.33. The van der Waals surface area contributed by atoms with Gasteiger partial charge in [0.05, 0.1) is 0 Å². The van der Waals surface area contributed by atoms with Crippen molar-refractivity contribution in [3.05, 3.63) is 30.1 Å². The molecule has 0 bridgehead atoms. The number of halogens is 1. The highest BCUT2D eigenvalue weighted by molar-refractivity contribution is 5.42. The van der Waals surface area contributed by atoms with Crippen LogP contribution in [0.25, 0.3) is 0 Å². The first-order valence-corrected chi connectivity index (χ1v) is 7.50. The molecule has 1 aromatic rings. The van der Waals surface area contributed by atoms with E-state index in [1.54, 1.807) is 12.1 Å². The van der Waals surface area contributed by atoms with Crippen LogP contribution in [0.2, 0.25) is 0 Å². The number of nitrogens with one attached hydrogen (secondary N) is 1. The lowest BCUT2D eigenvalue weighted by Crippen LogP contribution is -2.39. The molecule has 0 unspecified atom stereocenters. The molecule has 1 saturated heterocycles. The summed E-state index contributed by atoms with van der Waals surface area (Å²) in [6, 6.07) is 6.57. The SMILES string of the molecule is CN(C)CC1CCN(CCNc2ccc(F)cc2)CC1. The van der Waals surface area contributed by atoms with Crippen LogP contribution >= 0.6 is 0 Å². The van der Waals surface area contributed by atoms with Gasteiger partial charge in [-0.05, 0) is 70.2 Å². The van der Waals surface area contributed by atoms with Crippen LogP contribution in [0.3, 0.4) is 0 Å². The molecule has 4 heteroatoms. The first-order chi connectivity index (χ1) is 9.63. The lowest BCUT2D eigenvalue weighted by atomic mass is 9.96. The molecule has 0 saturated carbocycles. The zero-order valence-corrected chi connectivity index (χ0v) is 12.6. The summed E-state index contributed by atoms with van der Waals surface area (Å²) in [6.07, 6.45) is 2.60. The van der Waals surface area contributed by atoms with Crippen LogP contribution in [0.5, 0.6) is 0 Å². The van der Waals surface area contributed by atoms with Gasteiger partial charge < -0.3 is 15.1 Å².